The number of H-pyrrole nitrogens is 1. The predicted molar refractivity (Wildman–Crippen MR) is 126 cm³/mol. The molecule has 1 aromatic heterocycles. The highest BCUT2D eigenvalue weighted by Gasteiger charge is 2.21. The van der Waals surface area contributed by atoms with Gasteiger partial charge in [0, 0.05) is 24.3 Å². The summed E-state index contributed by atoms with van der Waals surface area (Å²) >= 11 is 0. The molecule has 0 aliphatic heterocycles. The van der Waals surface area contributed by atoms with Gasteiger partial charge in [0.05, 0.1) is 0 Å². The van der Waals surface area contributed by atoms with Crippen molar-refractivity contribution >= 4 is 34.9 Å². The fraction of sp³-hybridized carbons (Fsp3) is 0.0370. The first kappa shape index (κ1) is 17.9. The first-order valence-electron chi connectivity index (χ1n) is 9.93. The standard InChI is InChI=1S/C27H22NP/c1-3-11-21(12-4-1)19-23-14-8-10-18-26(23)29(24-15-5-2-6-16-24)27-20-22-13-7-9-17-25(22)28-27/h1-18,20,28H,19H2. The van der Waals surface area contributed by atoms with Crippen LogP contribution in [0.3, 0.4) is 0 Å². The van der Waals surface area contributed by atoms with Crippen LogP contribution in [-0.4, -0.2) is 4.98 Å². The summed E-state index contributed by atoms with van der Waals surface area (Å²) in [5.74, 6) is 0. The second kappa shape index (κ2) is 8.07. The van der Waals surface area contributed by atoms with E-state index in [1.54, 1.807) is 0 Å². The number of rotatable bonds is 5. The Hall–Kier alpha value is -3.15. The van der Waals surface area contributed by atoms with Crippen LogP contribution in [-0.2, 0) is 6.42 Å². The molecule has 0 spiro atoms. The number of aromatic nitrogens is 1. The largest absolute Gasteiger partial charge is 0.354 e. The Labute approximate surface area is 172 Å². The average molecular weight is 391 g/mol. The van der Waals surface area contributed by atoms with Crippen molar-refractivity contribution in [3.05, 3.63) is 126 Å². The lowest BCUT2D eigenvalue weighted by atomic mass is 10.1. The smallest absolute Gasteiger partial charge is 0.0486 e. The van der Waals surface area contributed by atoms with Crippen LogP contribution >= 0.6 is 7.92 Å². The molecule has 1 heterocycles. The van der Waals surface area contributed by atoms with E-state index in [2.05, 4.69) is 120 Å². The van der Waals surface area contributed by atoms with Crippen LogP contribution in [0.4, 0.5) is 0 Å². The highest BCUT2D eigenvalue weighted by atomic mass is 31.1. The number of aromatic amines is 1. The van der Waals surface area contributed by atoms with E-state index >= 15 is 0 Å². The summed E-state index contributed by atoms with van der Waals surface area (Å²) in [6, 6.07) is 41.4. The molecule has 1 atom stereocenters. The molecule has 1 nitrogen and oxygen atoms in total. The summed E-state index contributed by atoms with van der Waals surface area (Å²) in [4.78, 5) is 3.71. The summed E-state index contributed by atoms with van der Waals surface area (Å²) < 4.78 is 0. The summed E-state index contributed by atoms with van der Waals surface area (Å²) in [5.41, 5.74) is 5.24. The molecule has 5 rings (SSSR count). The van der Waals surface area contributed by atoms with Gasteiger partial charge in [-0.15, -0.1) is 0 Å². The first-order valence-corrected chi connectivity index (χ1v) is 11.3. The SMILES string of the molecule is c1ccc(Cc2ccccc2P(c2ccccc2)c2cc3ccccc3[nH]2)cc1. The quantitative estimate of drug-likeness (QED) is 0.380. The molecular weight excluding hydrogens is 369 g/mol. The maximum Gasteiger partial charge on any atom is 0.0486 e. The molecule has 0 saturated heterocycles. The van der Waals surface area contributed by atoms with E-state index in [-0.39, 0.29) is 0 Å². The number of fused-ring (bicyclic) bond motifs is 1. The van der Waals surface area contributed by atoms with Crippen LogP contribution < -0.4 is 16.0 Å². The number of hydrogen-bond acceptors (Lipinski definition) is 0. The van der Waals surface area contributed by atoms with Gasteiger partial charge < -0.3 is 4.98 Å². The van der Waals surface area contributed by atoms with Crippen LogP contribution in [0.15, 0.2) is 115 Å². The molecule has 0 radical (unpaired) electrons. The monoisotopic (exact) mass is 391 g/mol. The molecule has 5 aromatic rings. The normalized spacial score (nSPS) is 12.1. The van der Waals surface area contributed by atoms with E-state index in [0.29, 0.717) is 0 Å². The van der Waals surface area contributed by atoms with Crippen molar-refractivity contribution < 1.29 is 0 Å². The third-order valence-corrected chi connectivity index (χ3v) is 7.70. The second-order valence-corrected chi connectivity index (χ2v) is 9.35. The van der Waals surface area contributed by atoms with E-state index in [1.165, 1.54) is 38.1 Å². The Bertz CT molecular complexity index is 1190. The Morgan fingerprint density at radius 1 is 0.621 bits per heavy atom. The Morgan fingerprint density at radius 2 is 1.28 bits per heavy atom. The predicted octanol–water partition coefficient (Wildman–Crippen LogP) is 5.52. The zero-order valence-corrected chi connectivity index (χ0v) is 17.0. The van der Waals surface area contributed by atoms with Gasteiger partial charge in [0.25, 0.3) is 0 Å². The molecule has 0 aliphatic carbocycles. The summed E-state index contributed by atoms with van der Waals surface area (Å²) in [6.07, 6.45) is 0.947. The van der Waals surface area contributed by atoms with Crippen molar-refractivity contribution in [1.29, 1.82) is 0 Å². The summed E-state index contributed by atoms with van der Waals surface area (Å²) in [7, 11) is -0.665. The van der Waals surface area contributed by atoms with E-state index in [1.807, 2.05) is 0 Å². The fourth-order valence-electron chi connectivity index (χ4n) is 3.86. The summed E-state index contributed by atoms with van der Waals surface area (Å²) in [5, 5.41) is 4.06. The Morgan fingerprint density at radius 3 is 2.07 bits per heavy atom. The van der Waals surface area contributed by atoms with Crippen LogP contribution in [0, 0.1) is 0 Å². The highest BCUT2D eigenvalue weighted by molar-refractivity contribution is 7.79. The van der Waals surface area contributed by atoms with E-state index < -0.39 is 7.92 Å². The maximum absolute atomic E-state index is 3.71. The molecule has 4 aromatic carbocycles. The van der Waals surface area contributed by atoms with Gasteiger partial charge in [-0.05, 0) is 40.3 Å². The number of hydrogen-bond donors (Lipinski definition) is 1. The lowest BCUT2D eigenvalue weighted by molar-refractivity contribution is 1.21. The molecule has 29 heavy (non-hydrogen) atoms. The van der Waals surface area contributed by atoms with E-state index in [9.17, 15) is 0 Å². The molecule has 2 heteroatoms. The minimum absolute atomic E-state index is 0.665. The van der Waals surface area contributed by atoms with Crippen molar-refractivity contribution in [1.82, 2.24) is 4.98 Å². The van der Waals surface area contributed by atoms with Crippen molar-refractivity contribution in [3.63, 3.8) is 0 Å². The molecule has 0 amide bonds. The van der Waals surface area contributed by atoms with Crippen LogP contribution in [0.1, 0.15) is 11.1 Å². The van der Waals surface area contributed by atoms with Crippen molar-refractivity contribution in [3.8, 4) is 0 Å². The van der Waals surface area contributed by atoms with Gasteiger partial charge >= 0.3 is 0 Å². The lowest BCUT2D eigenvalue weighted by Crippen LogP contribution is -2.24. The zero-order chi connectivity index (χ0) is 19.5. The van der Waals surface area contributed by atoms with Crippen molar-refractivity contribution in [2.75, 3.05) is 0 Å². The van der Waals surface area contributed by atoms with E-state index in [4.69, 9.17) is 0 Å². The van der Waals surface area contributed by atoms with Gasteiger partial charge in [-0.3, -0.25) is 0 Å². The molecule has 0 fully saturated rings. The van der Waals surface area contributed by atoms with Crippen LogP contribution in [0.2, 0.25) is 0 Å². The van der Waals surface area contributed by atoms with Crippen LogP contribution in [0.5, 0.6) is 0 Å². The van der Waals surface area contributed by atoms with Gasteiger partial charge in [-0.1, -0.05) is 103 Å². The Balaban J connectivity index is 1.66. The van der Waals surface area contributed by atoms with Gasteiger partial charge in [-0.25, -0.2) is 0 Å². The van der Waals surface area contributed by atoms with Crippen molar-refractivity contribution in [2.24, 2.45) is 0 Å². The molecule has 0 aliphatic rings. The second-order valence-electron chi connectivity index (χ2n) is 7.20. The van der Waals surface area contributed by atoms with E-state index in [0.717, 1.165) is 6.42 Å². The van der Waals surface area contributed by atoms with Gasteiger partial charge in [0.2, 0.25) is 0 Å². The van der Waals surface area contributed by atoms with Gasteiger partial charge in [0.1, 0.15) is 0 Å². The molecular formula is C27H22NP. The third kappa shape index (κ3) is 3.75. The molecule has 0 bridgehead atoms. The van der Waals surface area contributed by atoms with Crippen LogP contribution in [0.25, 0.3) is 10.9 Å². The van der Waals surface area contributed by atoms with Gasteiger partial charge in [-0.2, -0.15) is 0 Å². The molecule has 1 unspecified atom stereocenters. The maximum atomic E-state index is 3.71. The van der Waals surface area contributed by atoms with Crippen molar-refractivity contribution in [2.45, 2.75) is 6.42 Å². The number of para-hydroxylation sites is 1. The third-order valence-electron chi connectivity index (χ3n) is 5.24. The first-order chi connectivity index (χ1) is 14.4. The Kier molecular flexibility index (Phi) is 4.99. The molecule has 140 valence electrons. The van der Waals surface area contributed by atoms with Gasteiger partial charge in [0.15, 0.2) is 0 Å². The zero-order valence-electron chi connectivity index (χ0n) is 16.1. The lowest BCUT2D eigenvalue weighted by Gasteiger charge is -2.21. The number of nitrogens with one attached hydrogen (secondary N) is 1. The minimum Gasteiger partial charge on any atom is -0.354 e. The fourth-order valence-corrected chi connectivity index (χ4v) is 6.32. The topological polar surface area (TPSA) is 15.8 Å². The molecule has 1 N–H and O–H groups in total. The number of benzene rings is 4. The minimum atomic E-state index is -0.665. The summed E-state index contributed by atoms with van der Waals surface area (Å²) in [6.45, 7) is 0. The average Bonchev–Trinajstić information content (AvgIpc) is 3.20. The molecule has 0 saturated carbocycles. The highest BCUT2D eigenvalue weighted by Crippen LogP contribution is 2.35.